The summed E-state index contributed by atoms with van der Waals surface area (Å²) in [6.45, 7) is 1.81. The minimum absolute atomic E-state index is 0.0736. The molecular formula is C18H21N9O2. The van der Waals surface area contributed by atoms with E-state index >= 15 is 0 Å². The van der Waals surface area contributed by atoms with Crippen molar-refractivity contribution in [3.8, 4) is 0 Å². The predicted molar refractivity (Wildman–Crippen MR) is 106 cm³/mol. The first-order chi connectivity index (χ1) is 14.0. The van der Waals surface area contributed by atoms with E-state index in [1.165, 1.54) is 6.20 Å². The number of nitrogens with zero attached hydrogens (tertiary/aromatic N) is 5. The average Bonchev–Trinajstić information content (AvgIpc) is 3.27. The van der Waals surface area contributed by atoms with Gasteiger partial charge in [0.1, 0.15) is 11.9 Å². The van der Waals surface area contributed by atoms with Crippen LogP contribution in [0.15, 0.2) is 48.3 Å². The third kappa shape index (κ3) is 4.69. The summed E-state index contributed by atoms with van der Waals surface area (Å²) in [7, 11) is 0. The van der Waals surface area contributed by atoms with Gasteiger partial charge in [-0.15, -0.1) is 5.11 Å². The lowest BCUT2D eigenvalue weighted by Gasteiger charge is -2.20. The number of rotatable bonds is 8. The van der Waals surface area contributed by atoms with E-state index in [2.05, 4.69) is 30.7 Å². The molecule has 0 spiro atoms. The molecule has 0 aliphatic heterocycles. The van der Waals surface area contributed by atoms with Crippen molar-refractivity contribution in [2.75, 3.05) is 10.6 Å². The standard InChI is InChI=1S/C18H21N9O2/c1-2-13(16(19)28)24-14-9-22-15(18(29)26-20)17(25-14)23-11-3-5-12(6-4-11)27-8-7-21-10-27/h3,5-11,13,20H,2,4H2,1H3,(H2,19,28)(H2,23,24,25)/t11?,13-/m1/s1. The second kappa shape index (κ2) is 8.87. The summed E-state index contributed by atoms with van der Waals surface area (Å²) in [6, 6.07) is -0.767. The molecule has 2 aromatic rings. The molecule has 2 aromatic heterocycles. The van der Waals surface area contributed by atoms with E-state index in [-0.39, 0.29) is 23.4 Å². The van der Waals surface area contributed by atoms with Gasteiger partial charge in [-0.05, 0) is 18.9 Å². The minimum Gasteiger partial charge on any atom is -0.368 e. The van der Waals surface area contributed by atoms with Crippen molar-refractivity contribution < 1.29 is 9.59 Å². The van der Waals surface area contributed by atoms with Crippen molar-refractivity contribution in [3.05, 3.63) is 48.8 Å². The van der Waals surface area contributed by atoms with Gasteiger partial charge in [-0.2, -0.15) is 0 Å². The quantitative estimate of drug-likeness (QED) is 0.495. The lowest BCUT2D eigenvalue weighted by molar-refractivity contribution is -0.118. The van der Waals surface area contributed by atoms with Crippen molar-refractivity contribution >= 4 is 29.1 Å². The fourth-order valence-corrected chi connectivity index (χ4v) is 2.82. The summed E-state index contributed by atoms with van der Waals surface area (Å²) < 4.78 is 1.89. The fourth-order valence-electron chi connectivity index (χ4n) is 2.82. The van der Waals surface area contributed by atoms with E-state index in [1.807, 2.05) is 35.9 Å². The Morgan fingerprint density at radius 2 is 2.31 bits per heavy atom. The number of hydrogen-bond acceptors (Lipinski definition) is 8. The van der Waals surface area contributed by atoms with Crippen molar-refractivity contribution in [2.45, 2.75) is 31.8 Å². The largest absolute Gasteiger partial charge is 0.368 e. The molecule has 1 unspecified atom stereocenters. The molecule has 2 heterocycles. The number of carbonyl (C=O) groups excluding carboxylic acids is 2. The second-order valence-electron chi connectivity index (χ2n) is 6.32. The zero-order chi connectivity index (χ0) is 20.8. The lowest BCUT2D eigenvalue weighted by Crippen LogP contribution is -2.35. The molecule has 0 saturated carbocycles. The van der Waals surface area contributed by atoms with Crippen molar-refractivity contribution in [2.24, 2.45) is 10.8 Å². The maximum atomic E-state index is 11.9. The van der Waals surface area contributed by atoms with Gasteiger partial charge in [0.05, 0.1) is 12.5 Å². The number of hydrogen-bond donors (Lipinski definition) is 4. The van der Waals surface area contributed by atoms with Gasteiger partial charge in [0.2, 0.25) is 5.91 Å². The van der Waals surface area contributed by atoms with E-state index in [4.69, 9.17) is 11.3 Å². The van der Waals surface area contributed by atoms with Crippen LogP contribution in [0.3, 0.4) is 0 Å². The van der Waals surface area contributed by atoms with Gasteiger partial charge in [0.15, 0.2) is 11.5 Å². The van der Waals surface area contributed by atoms with Crippen molar-refractivity contribution in [3.63, 3.8) is 0 Å². The Kier molecular flexibility index (Phi) is 6.07. The summed E-state index contributed by atoms with van der Waals surface area (Å²) in [4.78, 5) is 35.9. The fraction of sp³-hybridized carbons (Fsp3) is 0.278. The van der Waals surface area contributed by atoms with Crippen LogP contribution >= 0.6 is 0 Å². The molecule has 2 atom stereocenters. The first kappa shape index (κ1) is 19.9. The summed E-state index contributed by atoms with van der Waals surface area (Å²) in [6.07, 6.45) is 13.5. The number of anilines is 2. The van der Waals surface area contributed by atoms with Gasteiger partial charge in [0.25, 0.3) is 0 Å². The van der Waals surface area contributed by atoms with E-state index < -0.39 is 17.9 Å². The molecule has 1 aliphatic carbocycles. The number of aromatic nitrogens is 4. The normalized spacial score (nSPS) is 16.6. The number of primary amides is 1. The number of nitrogens with one attached hydrogen (secondary N) is 3. The number of nitrogens with two attached hydrogens (primary N) is 1. The van der Waals surface area contributed by atoms with Gasteiger partial charge in [0, 0.05) is 24.1 Å². The maximum absolute atomic E-state index is 11.9. The summed E-state index contributed by atoms with van der Waals surface area (Å²) >= 11 is 0. The molecule has 0 radical (unpaired) electrons. The van der Waals surface area contributed by atoms with Crippen molar-refractivity contribution in [1.29, 1.82) is 5.53 Å². The molecule has 29 heavy (non-hydrogen) atoms. The highest BCUT2D eigenvalue weighted by atomic mass is 16.2. The van der Waals surface area contributed by atoms with E-state index in [0.717, 1.165) is 5.70 Å². The van der Waals surface area contributed by atoms with E-state index in [0.29, 0.717) is 12.8 Å². The summed E-state index contributed by atoms with van der Waals surface area (Å²) in [5.41, 5.74) is 13.3. The molecule has 2 amide bonds. The van der Waals surface area contributed by atoms with Crippen LogP contribution in [0, 0.1) is 5.53 Å². The molecule has 150 valence electrons. The molecule has 0 aromatic carbocycles. The van der Waals surface area contributed by atoms with Gasteiger partial charge in [-0.1, -0.05) is 19.1 Å². The number of imidazole rings is 1. The van der Waals surface area contributed by atoms with Crippen LogP contribution < -0.4 is 16.4 Å². The van der Waals surface area contributed by atoms with Crippen LogP contribution in [0.2, 0.25) is 0 Å². The van der Waals surface area contributed by atoms with Gasteiger partial charge in [-0.25, -0.2) is 20.5 Å². The Bertz CT molecular complexity index is 966. The van der Waals surface area contributed by atoms with Gasteiger partial charge >= 0.3 is 5.91 Å². The third-order valence-electron chi connectivity index (χ3n) is 4.36. The molecule has 5 N–H and O–H groups in total. The first-order valence-corrected chi connectivity index (χ1v) is 8.99. The molecule has 1 aliphatic rings. The molecule has 0 fully saturated rings. The van der Waals surface area contributed by atoms with Crippen LogP contribution in [0.4, 0.5) is 11.6 Å². The lowest BCUT2D eigenvalue weighted by atomic mass is 10.1. The predicted octanol–water partition coefficient (Wildman–Crippen LogP) is 1.80. The highest BCUT2D eigenvalue weighted by Crippen LogP contribution is 2.21. The Morgan fingerprint density at radius 1 is 1.48 bits per heavy atom. The Hall–Kier alpha value is -3.89. The topological polar surface area (TPSA) is 164 Å². The van der Waals surface area contributed by atoms with Crippen LogP contribution in [0.5, 0.6) is 0 Å². The summed E-state index contributed by atoms with van der Waals surface area (Å²) in [5.74, 6) is -0.876. The Balaban J connectivity index is 1.80. The molecule has 11 heteroatoms. The SMILES string of the molecule is CC[C@@H](Nc1cnc(C(=O)N=N)c(NC2C=CC(n3ccnc3)=CC2)n1)C(N)=O. The van der Waals surface area contributed by atoms with Crippen LogP contribution in [-0.2, 0) is 4.79 Å². The van der Waals surface area contributed by atoms with E-state index in [9.17, 15) is 9.59 Å². The van der Waals surface area contributed by atoms with Gasteiger partial charge in [-0.3, -0.25) is 9.59 Å². The molecule has 3 rings (SSSR count). The van der Waals surface area contributed by atoms with Crippen molar-refractivity contribution in [1.82, 2.24) is 19.5 Å². The monoisotopic (exact) mass is 395 g/mol. The zero-order valence-electron chi connectivity index (χ0n) is 15.7. The molecule has 0 bridgehead atoms. The van der Waals surface area contributed by atoms with Crippen LogP contribution in [0.1, 0.15) is 30.3 Å². The number of carbonyl (C=O) groups is 2. The highest BCUT2D eigenvalue weighted by molar-refractivity contribution is 5.97. The molecular weight excluding hydrogens is 374 g/mol. The highest BCUT2D eigenvalue weighted by Gasteiger charge is 2.20. The maximum Gasteiger partial charge on any atom is 0.317 e. The first-order valence-electron chi connectivity index (χ1n) is 8.99. The third-order valence-corrected chi connectivity index (χ3v) is 4.36. The Morgan fingerprint density at radius 3 is 2.90 bits per heavy atom. The minimum atomic E-state index is -0.817. The zero-order valence-corrected chi connectivity index (χ0v) is 15.7. The smallest absolute Gasteiger partial charge is 0.317 e. The number of amides is 2. The van der Waals surface area contributed by atoms with Crippen LogP contribution in [0.25, 0.3) is 5.70 Å². The van der Waals surface area contributed by atoms with E-state index in [1.54, 1.807) is 12.5 Å². The average molecular weight is 395 g/mol. The molecule has 11 nitrogen and oxygen atoms in total. The number of allylic oxidation sites excluding steroid dienone is 2. The molecule has 0 saturated heterocycles. The second-order valence-corrected chi connectivity index (χ2v) is 6.32. The van der Waals surface area contributed by atoms with Crippen LogP contribution in [-0.4, -0.2) is 43.4 Å². The Labute approximate surface area is 166 Å². The summed E-state index contributed by atoms with van der Waals surface area (Å²) in [5, 5.41) is 8.97. The van der Waals surface area contributed by atoms with Gasteiger partial charge < -0.3 is 20.9 Å².